The second-order valence-corrected chi connectivity index (χ2v) is 10.2. The molecular weight excluding hydrogens is 463 g/mol. The summed E-state index contributed by atoms with van der Waals surface area (Å²) in [4.78, 5) is 1.53. The highest BCUT2D eigenvalue weighted by Crippen LogP contribution is 2.38. The van der Waals surface area contributed by atoms with Crippen molar-refractivity contribution in [1.29, 1.82) is 0 Å². The third-order valence-electron chi connectivity index (χ3n) is 4.02. The summed E-state index contributed by atoms with van der Waals surface area (Å²) in [6.07, 6.45) is 0. The molecule has 0 spiro atoms. The highest BCUT2D eigenvalue weighted by Gasteiger charge is 2.09. The van der Waals surface area contributed by atoms with Gasteiger partial charge in [-0.25, -0.2) is 13.6 Å². The monoisotopic (exact) mass is 483 g/mol. The Morgan fingerprint density at radius 3 is 1.58 bits per heavy atom. The molecule has 0 amide bonds. The lowest BCUT2D eigenvalue weighted by Gasteiger charge is -1.98. The fraction of sp³-hybridized carbons (Fsp3) is 0. The molecule has 0 aliphatic rings. The largest absolute Gasteiger partial charge is 0.238 e. The summed E-state index contributed by atoms with van der Waals surface area (Å²) in [5, 5.41) is 15.7. The van der Waals surface area contributed by atoms with Crippen LogP contribution in [-0.4, -0.2) is 8.42 Å². The van der Waals surface area contributed by atoms with E-state index < -0.39 is 10.0 Å². The standard InChI is InChI=1S/C12H8S3.C6H7NO2S.C6H6/c1-4-13-7-9(1)11-3-6-15-12(11)10-2-5-14-8-10;7-10(8,9)6-4-2-1-3-5-6;1-2-4-6-5-3-1/h1-8H;1-5H,(H2,7,8,9);1-6H. The zero-order valence-corrected chi connectivity index (χ0v) is 19.8. The van der Waals surface area contributed by atoms with Crippen molar-refractivity contribution in [3.8, 4) is 21.6 Å². The average Bonchev–Trinajstić information content (AvgIpc) is 3.58. The van der Waals surface area contributed by atoms with Crippen molar-refractivity contribution in [3.05, 3.63) is 112 Å². The number of benzene rings is 2. The third-order valence-corrected chi connectivity index (χ3v) is 7.28. The second-order valence-electron chi connectivity index (χ2n) is 6.20. The Kier molecular flexibility index (Phi) is 8.75. The van der Waals surface area contributed by atoms with Crippen molar-refractivity contribution < 1.29 is 8.42 Å². The van der Waals surface area contributed by atoms with Crippen molar-refractivity contribution in [3.63, 3.8) is 0 Å². The van der Waals surface area contributed by atoms with Crippen LogP contribution < -0.4 is 5.14 Å². The van der Waals surface area contributed by atoms with Crippen molar-refractivity contribution >= 4 is 44.0 Å². The van der Waals surface area contributed by atoms with Gasteiger partial charge in [-0.05, 0) is 62.8 Å². The molecule has 0 bridgehead atoms. The van der Waals surface area contributed by atoms with Crippen LogP contribution in [0.25, 0.3) is 21.6 Å². The normalized spacial score (nSPS) is 10.4. The van der Waals surface area contributed by atoms with Gasteiger partial charge in [-0.3, -0.25) is 0 Å². The van der Waals surface area contributed by atoms with E-state index in [1.54, 1.807) is 40.9 Å². The smallest absolute Gasteiger partial charge is 0.225 e. The minimum atomic E-state index is -3.50. The van der Waals surface area contributed by atoms with Crippen LogP contribution in [0, 0.1) is 0 Å². The molecule has 2 N–H and O–H groups in total. The number of primary sulfonamides is 1. The van der Waals surface area contributed by atoms with Crippen molar-refractivity contribution in [2.24, 2.45) is 5.14 Å². The van der Waals surface area contributed by atoms with Crippen LogP contribution in [0.1, 0.15) is 0 Å². The molecule has 0 saturated carbocycles. The van der Waals surface area contributed by atoms with Crippen LogP contribution in [0.2, 0.25) is 0 Å². The van der Waals surface area contributed by atoms with Gasteiger partial charge in [-0.2, -0.15) is 22.7 Å². The van der Waals surface area contributed by atoms with Gasteiger partial charge in [0.2, 0.25) is 10.0 Å². The molecule has 5 rings (SSSR count). The second kappa shape index (κ2) is 11.7. The zero-order chi connectivity index (χ0) is 21.9. The maximum Gasteiger partial charge on any atom is 0.238 e. The topological polar surface area (TPSA) is 60.2 Å². The van der Waals surface area contributed by atoms with E-state index in [-0.39, 0.29) is 4.90 Å². The minimum absolute atomic E-state index is 0.148. The summed E-state index contributed by atoms with van der Waals surface area (Å²) in [7, 11) is -3.50. The molecule has 3 aromatic heterocycles. The van der Waals surface area contributed by atoms with Gasteiger partial charge in [0.1, 0.15) is 0 Å². The third kappa shape index (κ3) is 7.27. The Balaban J connectivity index is 0.000000147. The molecule has 0 aliphatic carbocycles. The van der Waals surface area contributed by atoms with Crippen LogP contribution in [0.5, 0.6) is 0 Å². The van der Waals surface area contributed by atoms with Gasteiger partial charge in [-0.15, -0.1) is 11.3 Å². The maximum absolute atomic E-state index is 10.6. The molecule has 0 fully saturated rings. The van der Waals surface area contributed by atoms with Crippen LogP contribution >= 0.6 is 34.0 Å². The molecule has 7 heteroatoms. The summed E-state index contributed by atoms with van der Waals surface area (Å²) < 4.78 is 21.2. The number of hydrogen-bond donors (Lipinski definition) is 1. The van der Waals surface area contributed by atoms with E-state index in [2.05, 4.69) is 45.1 Å². The molecule has 31 heavy (non-hydrogen) atoms. The van der Waals surface area contributed by atoms with Crippen LogP contribution in [0.15, 0.2) is 117 Å². The fourth-order valence-corrected chi connectivity index (χ4v) is 5.40. The van der Waals surface area contributed by atoms with Crippen molar-refractivity contribution in [2.45, 2.75) is 4.90 Å². The Labute approximate surface area is 195 Å². The van der Waals surface area contributed by atoms with E-state index in [0.717, 1.165) is 0 Å². The number of thiophene rings is 3. The highest BCUT2D eigenvalue weighted by atomic mass is 32.2. The van der Waals surface area contributed by atoms with E-state index in [9.17, 15) is 8.42 Å². The quantitative estimate of drug-likeness (QED) is 0.294. The Morgan fingerprint density at radius 2 is 1.13 bits per heavy atom. The number of nitrogens with two attached hydrogens (primary N) is 1. The number of hydrogen-bond acceptors (Lipinski definition) is 5. The molecule has 158 valence electrons. The molecular formula is C24H21NO2S4. The lowest BCUT2D eigenvalue weighted by molar-refractivity contribution is 0.598. The molecule has 0 radical (unpaired) electrons. The molecule has 0 saturated heterocycles. The van der Waals surface area contributed by atoms with Gasteiger partial charge in [0.05, 0.1) is 4.90 Å². The van der Waals surface area contributed by atoms with E-state index in [1.165, 1.54) is 33.7 Å². The maximum atomic E-state index is 10.6. The molecule has 3 heterocycles. The van der Waals surface area contributed by atoms with Crippen LogP contribution in [-0.2, 0) is 10.0 Å². The van der Waals surface area contributed by atoms with Crippen molar-refractivity contribution in [1.82, 2.24) is 0 Å². The Hall–Kier alpha value is -2.55. The summed E-state index contributed by atoms with van der Waals surface area (Å²) in [5.74, 6) is 0. The first kappa shape index (κ1) is 23.1. The van der Waals surface area contributed by atoms with Gasteiger partial charge < -0.3 is 0 Å². The Bertz CT molecular complexity index is 1150. The number of rotatable bonds is 3. The SMILES string of the molecule is NS(=O)(=O)c1ccccc1.c1cc(-c2ccsc2-c2ccsc2)cs1.c1ccccc1. The lowest BCUT2D eigenvalue weighted by Crippen LogP contribution is -2.11. The van der Waals surface area contributed by atoms with Gasteiger partial charge in [0.15, 0.2) is 0 Å². The summed E-state index contributed by atoms with van der Waals surface area (Å²) in [6, 6.07) is 26.5. The molecule has 5 aromatic rings. The molecule has 0 unspecified atom stereocenters. The fourth-order valence-electron chi connectivity index (χ4n) is 2.57. The highest BCUT2D eigenvalue weighted by molar-refractivity contribution is 7.89. The van der Waals surface area contributed by atoms with Crippen molar-refractivity contribution in [2.75, 3.05) is 0 Å². The van der Waals surface area contributed by atoms with Crippen LogP contribution in [0.4, 0.5) is 0 Å². The van der Waals surface area contributed by atoms with Gasteiger partial charge in [-0.1, -0.05) is 54.6 Å². The zero-order valence-electron chi connectivity index (χ0n) is 16.5. The molecule has 2 aromatic carbocycles. The molecule has 0 atom stereocenters. The van der Waals surface area contributed by atoms with Crippen LogP contribution in [0.3, 0.4) is 0 Å². The molecule has 0 aliphatic heterocycles. The van der Waals surface area contributed by atoms with E-state index in [0.29, 0.717) is 0 Å². The van der Waals surface area contributed by atoms with Gasteiger partial charge in [0.25, 0.3) is 0 Å². The summed E-state index contributed by atoms with van der Waals surface area (Å²) >= 11 is 5.32. The predicted molar refractivity (Wildman–Crippen MR) is 135 cm³/mol. The summed E-state index contributed by atoms with van der Waals surface area (Å²) in [5.41, 5.74) is 4.04. The Morgan fingerprint density at radius 1 is 0.613 bits per heavy atom. The predicted octanol–water partition coefficient (Wildman–Crippen LogP) is 7.23. The first-order valence-electron chi connectivity index (χ1n) is 9.26. The molecule has 3 nitrogen and oxygen atoms in total. The van der Waals surface area contributed by atoms with E-state index in [1.807, 2.05) is 47.7 Å². The van der Waals surface area contributed by atoms with E-state index >= 15 is 0 Å². The first-order valence-corrected chi connectivity index (χ1v) is 13.6. The average molecular weight is 484 g/mol. The summed E-state index contributed by atoms with van der Waals surface area (Å²) in [6.45, 7) is 0. The first-order chi connectivity index (χ1) is 15.1. The van der Waals surface area contributed by atoms with E-state index in [4.69, 9.17) is 5.14 Å². The van der Waals surface area contributed by atoms with Gasteiger partial charge in [0, 0.05) is 16.0 Å². The minimum Gasteiger partial charge on any atom is -0.225 e. The van der Waals surface area contributed by atoms with Gasteiger partial charge >= 0.3 is 0 Å². The lowest BCUT2D eigenvalue weighted by atomic mass is 10.1. The number of sulfonamides is 1.